The van der Waals surface area contributed by atoms with Gasteiger partial charge in [-0.25, -0.2) is 8.42 Å². The molecule has 7 heteroatoms. The van der Waals surface area contributed by atoms with Crippen LogP contribution >= 0.6 is 0 Å². The first kappa shape index (κ1) is 20.6. The number of nitrogens with zero attached hydrogens (tertiary/aromatic N) is 1. The van der Waals surface area contributed by atoms with E-state index in [2.05, 4.69) is 5.32 Å². The maximum Gasteiger partial charge on any atom is 0.253 e. The minimum atomic E-state index is -3.48. The van der Waals surface area contributed by atoms with Gasteiger partial charge in [0.25, 0.3) is 5.91 Å². The lowest BCUT2D eigenvalue weighted by atomic mass is 10.1. The highest BCUT2D eigenvalue weighted by molar-refractivity contribution is 7.91. The van der Waals surface area contributed by atoms with E-state index < -0.39 is 9.84 Å². The first-order valence-electron chi connectivity index (χ1n) is 8.56. The summed E-state index contributed by atoms with van der Waals surface area (Å²) in [6, 6.07) is 13.5. The van der Waals surface area contributed by atoms with Crippen LogP contribution < -0.4 is 5.32 Å². The highest BCUT2D eigenvalue weighted by atomic mass is 32.2. The SMILES string of the molecule is Cc1ccc(S(=O)(=O)CCC(=O)NCc2ccc(C(=O)N(C)C)cc2)cc1. The van der Waals surface area contributed by atoms with Gasteiger partial charge in [0.05, 0.1) is 10.6 Å². The largest absolute Gasteiger partial charge is 0.352 e. The number of hydrogen-bond acceptors (Lipinski definition) is 4. The van der Waals surface area contributed by atoms with Crippen LogP contribution in [-0.4, -0.2) is 45.0 Å². The summed E-state index contributed by atoms with van der Waals surface area (Å²) in [6.45, 7) is 2.16. The van der Waals surface area contributed by atoms with E-state index in [0.717, 1.165) is 11.1 Å². The van der Waals surface area contributed by atoms with Gasteiger partial charge < -0.3 is 10.2 Å². The minimum absolute atomic E-state index is 0.0908. The second-order valence-corrected chi connectivity index (χ2v) is 8.66. The zero-order chi connectivity index (χ0) is 20.0. The Labute approximate surface area is 160 Å². The molecule has 0 bridgehead atoms. The number of hydrogen-bond donors (Lipinski definition) is 1. The molecule has 0 radical (unpaired) electrons. The molecule has 0 spiro atoms. The summed E-state index contributed by atoms with van der Waals surface area (Å²) in [5.41, 5.74) is 2.38. The molecule has 0 saturated carbocycles. The molecular formula is C20H24N2O4S. The van der Waals surface area contributed by atoms with Crippen LogP contribution in [0.15, 0.2) is 53.4 Å². The fourth-order valence-electron chi connectivity index (χ4n) is 2.40. The molecule has 27 heavy (non-hydrogen) atoms. The number of sulfone groups is 1. The van der Waals surface area contributed by atoms with E-state index in [-0.39, 0.29) is 35.4 Å². The molecule has 0 aliphatic heterocycles. The highest BCUT2D eigenvalue weighted by Crippen LogP contribution is 2.13. The normalized spacial score (nSPS) is 11.1. The monoisotopic (exact) mass is 388 g/mol. The van der Waals surface area contributed by atoms with Gasteiger partial charge in [-0.15, -0.1) is 0 Å². The first-order chi connectivity index (χ1) is 12.7. The summed E-state index contributed by atoms with van der Waals surface area (Å²) in [7, 11) is -0.118. The average molecular weight is 388 g/mol. The molecule has 0 aliphatic carbocycles. The van der Waals surface area contributed by atoms with Crippen LogP contribution in [0.25, 0.3) is 0 Å². The third-order valence-electron chi connectivity index (χ3n) is 4.07. The third kappa shape index (κ3) is 5.92. The predicted octanol–water partition coefficient (Wildman–Crippen LogP) is 2.18. The number of aryl methyl sites for hydroxylation is 1. The molecule has 2 aromatic carbocycles. The van der Waals surface area contributed by atoms with Crippen molar-refractivity contribution in [2.24, 2.45) is 0 Å². The van der Waals surface area contributed by atoms with Gasteiger partial charge in [-0.2, -0.15) is 0 Å². The van der Waals surface area contributed by atoms with Crippen LogP contribution in [-0.2, 0) is 21.2 Å². The summed E-state index contributed by atoms with van der Waals surface area (Å²) in [4.78, 5) is 25.5. The van der Waals surface area contributed by atoms with E-state index in [0.29, 0.717) is 5.56 Å². The molecule has 2 aromatic rings. The number of rotatable bonds is 7. The zero-order valence-corrected chi connectivity index (χ0v) is 16.5. The fraction of sp³-hybridized carbons (Fsp3) is 0.300. The first-order valence-corrected chi connectivity index (χ1v) is 10.2. The number of carbonyl (C=O) groups is 2. The van der Waals surface area contributed by atoms with Crippen molar-refractivity contribution in [3.05, 3.63) is 65.2 Å². The van der Waals surface area contributed by atoms with Gasteiger partial charge >= 0.3 is 0 Å². The number of amides is 2. The Bertz CT molecular complexity index is 902. The summed E-state index contributed by atoms with van der Waals surface area (Å²) in [5.74, 6) is -0.663. The molecule has 0 unspecified atom stereocenters. The number of nitrogens with one attached hydrogen (secondary N) is 1. The van der Waals surface area contributed by atoms with Crippen molar-refractivity contribution in [1.82, 2.24) is 10.2 Å². The second kappa shape index (κ2) is 8.81. The molecule has 0 atom stereocenters. The quantitative estimate of drug-likeness (QED) is 0.788. The van der Waals surface area contributed by atoms with E-state index >= 15 is 0 Å². The van der Waals surface area contributed by atoms with Crippen molar-refractivity contribution < 1.29 is 18.0 Å². The van der Waals surface area contributed by atoms with Crippen LogP contribution in [0.5, 0.6) is 0 Å². The van der Waals surface area contributed by atoms with Crippen LogP contribution in [0.2, 0.25) is 0 Å². The van der Waals surface area contributed by atoms with Gasteiger partial charge in [0.2, 0.25) is 5.91 Å². The Kier molecular flexibility index (Phi) is 6.74. The Morgan fingerprint density at radius 1 is 0.963 bits per heavy atom. The van der Waals surface area contributed by atoms with Gasteiger partial charge in [-0.3, -0.25) is 9.59 Å². The van der Waals surface area contributed by atoms with Gasteiger partial charge in [0, 0.05) is 32.6 Å². The van der Waals surface area contributed by atoms with Gasteiger partial charge in [0.15, 0.2) is 9.84 Å². The molecule has 0 fully saturated rings. The Morgan fingerprint density at radius 2 is 1.56 bits per heavy atom. The zero-order valence-electron chi connectivity index (χ0n) is 15.7. The van der Waals surface area contributed by atoms with E-state index in [1.54, 1.807) is 62.6 Å². The lowest BCUT2D eigenvalue weighted by Gasteiger charge is -2.11. The lowest BCUT2D eigenvalue weighted by Crippen LogP contribution is -2.25. The molecule has 6 nitrogen and oxygen atoms in total. The Morgan fingerprint density at radius 3 is 2.11 bits per heavy atom. The minimum Gasteiger partial charge on any atom is -0.352 e. The Balaban J connectivity index is 1.85. The van der Waals surface area contributed by atoms with Crippen LogP contribution in [0.3, 0.4) is 0 Å². The Hall–Kier alpha value is -2.67. The number of benzene rings is 2. The van der Waals surface area contributed by atoms with E-state index in [1.807, 2.05) is 6.92 Å². The smallest absolute Gasteiger partial charge is 0.253 e. The van der Waals surface area contributed by atoms with E-state index in [9.17, 15) is 18.0 Å². The molecule has 2 amide bonds. The molecule has 0 aromatic heterocycles. The molecule has 0 aliphatic rings. The lowest BCUT2D eigenvalue weighted by molar-refractivity contribution is -0.120. The van der Waals surface area contributed by atoms with Gasteiger partial charge in [-0.1, -0.05) is 29.8 Å². The van der Waals surface area contributed by atoms with Gasteiger partial charge in [-0.05, 0) is 36.8 Å². The van der Waals surface area contributed by atoms with Gasteiger partial charge in [0.1, 0.15) is 0 Å². The van der Waals surface area contributed by atoms with Crippen molar-refractivity contribution >= 4 is 21.7 Å². The predicted molar refractivity (Wildman–Crippen MR) is 104 cm³/mol. The molecule has 0 saturated heterocycles. The molecule has 2 rings (SSSR count). The maximum absolute atomic E-state index is 12.3. The van der Waals surface area contributed by atoms with Crippen LogP contribution in [0.4, 0.5) is 0 Å². The average Bonchev–Trinajstić information content (AvgIpc) is 2.65. The van der Waals surface area contributed by atoms with E-state index in [4.69, 9.17) is 0 Å². The summed E-state index contributed by atoms with van der Waals surface area (Å²) in [5, 5.41) is 2.70. The van der Waals surface area contributed by atoms with Crippen LogP contribution in [0, 0.1) is 6.92 Å². The third-order valence-corrected chi connectivity index (χ3v) is 5.81. The molecule has 0 heterocycles. The fourth-order valence-corrected chi connectivity index (χ4v) is 3.64. The molecular weight excluding hydrogens is 364 g/mol. The topological polar surface area (TPSA) is 83.5 Å². The van der Waals surface area contributed by atoms with Crippen molar-refractivity contribution in [3.8, 4) is 0 Å². The van der Waals surface area contributed by atoms with E-state index in [1.165, 1.54) is 4.90 Å². The maximum atomic E-state index is 12.3. The summed E-state index contributed by atoms with van der Waals surface area (Å²) >= 11 is 0. The van der Waals surface area contributed by atoms with Crippen molar-refractivity contribution in [1.29, 1.82) is 0 Å². The van der Waals surface area contributed by atoms with Crippen molar-refractivity contribution in [2.75, 3.05) is 19.8 Å². The highest BCUT2D eigenvalue weighted by Gasteiger charge is 2.16. The van der Waals surface area contributed by atoms with Crippen molar-refractivity contribution in [3.63, 3.8) is 0 Å². The van der Waals surface area contributed by atoms with Crippen molar-refractivity contribution in [2.45, 2.75) is 24.8 Å². The second-order valence-electron chi connectivity index (χ2n) is 6.56. The molecule has 144 valence electrons. The number of carbonyl (C=O) groups excluding carboxylic acids is 2. The summed E-state index contributed by atoms with van der Waals surface area (Å²) in [6.07, 6.45) is -0.104. The summed E-state index contributed by atoms with van der Waals surface area (Å²) < 4.78 is 24.5. The van der Waals surface area contributed by atoms with Crippen LogP contribution in [0.1, 0.15) is 27.9 Å². The standard InChI is InChI=1S/C20H24N2O4S/c1-15-4-10-18(11-5-15)27(25,26)13-12-19(23)21-14-16-6-8-17(9-7-16)20(24)22(2)3/h4-11H,12-14H2,1-3H3,(H,21,23). The molecule has 1 N–H and O–H groups in total.